The van der Waals surface area contributed by atoms with Gasteiger partial charge in [-0.05, 0) is 25.7 Å². The Kier molecular flexibility index (Phi) is 9.03. The van der Waals surface area contributed by atoms with Crippen molar-refractivity contribution in [2.75, 3.05) is 0 Å². The molecule has 0 heterocycles. The van der Waals surface area contributed by atoms with Crippen molar-refractivity contribution >= 4 is 0 Å². The molecule has 0 aromatic carbocycles. The standard InChI is InChI=1S/C11H19/c1-3-5-7-9-11-10-8-6-4-2/h1,3,9,11H,4-8,10H2,2H3. The van der Waals surface area contributed by atoms with Crippen molar-refractivity contribution < 1.29 is 0 Å². The molecule has 0 rings (SSSR count). The Morgan fingerprint density at radius 2 is 1.73 bits per heavy atom. The lowest BCUT2D eigenvalue weighted by atomic mass is 10.2. The van der Waals surface area contributed by atoms with E-state index in [-0.39, 0.29) is 0 Å². The molecule has 11 heavy (non-hydrogen) atoms. The molecule has 0 fully saturated rings. The summed E-state index contributed by atoms with van der Waals surface area (Å²) < 4.78 is 0. The molecule has 0 amide bonds. The average molecular weight is 151 g/mol. The van der Waals surface area contributed by atoms with Gasteiger partial charge in [0.25, 0.3) is 0 Å². The first-order valence-electron chi connectivity index (χ1n) is 4.60. The molecule has 0 bridgehead atoms. The molecule has 0 nitrogen and oxygen atoms in total. The number of rotatable bonds is 7. The van der Waals surface area contributed by atoms with Crippen LogP contribution in [0.15, 0.2) is 18.2 Å². The van der Waals surface area contributed by atoms with E-state index in [0.29, 0.717) is 0 Å². The maximum atomic E-state index is 5.23. The van der Waals surface area contributed by atoms with E-state index in [1.54, 1.807) is 6.08 Å². The van der Waals surface area contributed by atoms with Crippen molar-refractivity contribution in [3.8, 4) is 0 Å². The van der Waals surface area contributed by atoms with E-state index in [4.69, 9.17) is 6.58 Å². The molecule has 0 N–H and O–H groups in total. The fraction of sp³-hybridized carbons (Fsp3) is 0.636. The molecule has 63 valence electrons. The maximum Gasteiger partial charge on any atom is -0.0313 e. The Morgan fingerprint density at radius 3 is 2.36 bits per heavy atom. The molecule has 0 heteroatoms. The van der Waals surface area contributed by atoms with Crippen molar-refractivity contribution in [1.82, 2.24) is 0 Å². The molecule has 0 atom stereocenters. The highest BCUT2D eigenvalue weighted by Gasteiger charge is 1.80. The van der Waals surface area contributed by atoms with Crippen LogP contribution >= 0.6 is 0 Å². The minimum absolute atomic E-state index is 1.00. The summed E-state index contributed by atoms with van der Waals surface area (Å²) in [7, 11) is 0. The van der Waals surface area contributed by atoms with Gasteiger partial charge in [0.1, 0.15) is 0 Å². The van der Waals surface area contributed by atoms with Gasteiger partial charge in [-0.25, -0.2) is 0 Å². The van der Waals surface area contributed by atoms with E-state index in [0.717, 1.165) is 12.8 Å². The van der Waals surface area contributed by atoms with Crippen LogP contribution in [0.3, 0.4) is 0 Å². The first-order valence-corrected chi connectivity index (χ1v) is 4.60. The Balaban J connectivity index is 2.97. The molecule has 0 saturated heterocycles. The Labute approximate surface area is 71.0 Å². The lowest BCUT2D eigenvalue weighted by molar-refractivity contribution is 0.728. The summed E-state index contributed by atoms with van der Waals surface area (Å²) in [6.07, 6.45) is 13.5. The average Bonchev–Trinajstić information content (AvgIpc) is 2.03. The fourth-order valence-electron chi connectivity index (χ4n) is 0.940. The van der Waals surface area contributed by atoms with Gasteiger partial charge in [0.15, 0.2) is 0 Å². The highest BCUT2D eigenvalue weighted by molar-refractivity contribution is 4.83. The molecule has 0 aliphatic carbocycles. The minimum Gasteiger partial charge on any atom is -0.0885 e. The van der Waals surface area contributed by atoms with Gasteiger partial charge in [-0.3, -0.25) is 0 Å². The quantitative estimate of drug-likeness (QED) is 0.382. The summed E-state index contributed by atoms with van der Waals surface area (Å²) in [5, 5.41) is 0. The third-order valence-electron chi connectivity index (χ3n) is 1.64. The van der Waals surface area contributed by atoms with Gasteiger partial charge in [0.05, 0.1) is 0 Å². The molecule has 0 aromatic heterocycles. The molecular weight excluding hydrogens is 132 g/mol. The van der Waals surface area contributed by atoms with Gasteiger partial charge in [-0.2, -0.15) is 0 Å². The van der Waals surface area contributed by atoms with Crippen LogP contribution in [0.5, 0.6) is 0 Å². The van der Waals surface area contributed by atoms with E-state index < -0.39 is 0 Å². The highest BCUT2D eigenvalue weighted by atomic mass is 13.9. The van der Waals surface area contributed by atoms with Crippen molar-refractivity contribution in [2.45, 2.75) is 45.4 Å². The smallest absolute Gasteiger partial charge is 0.0313 e. The normalized spacial score (nSPS) is 10.6. The van der Waals surface area contributed by atoms with Gasteiger partial charge in [0, 0.05) is 0 Å². The van der Waals surface area contributed by atoms with E-state index in [1.165, 1.54) is 25.7 Å². The molecule has 0 unspecified atom stereocenters. The number of allylic oxidation sites excluding steroid dienone is 3. The molecule has 0 aliphatic rings. The highest BCUT2D eigenvalue weighted by Crippen LogP contribution is 2.00. The molecular formula is C11H19. The summed E-state index contributed by atoms with van der Waals surface area (Å²) in [6.45, 7) is 7.46. The lowest BCUT2D eigenvalue weighted by Gasteiger charge is -1.90. The lowest BCUT2D eigenvalue weighted by Crippen LogP contribution is -1.70. The topological polar surface area (TPSA) is 0 Å². The second kappa shape index (κ2) is 9.48. The van der Waals surface area contributed by atoms with Crippen LogP contribution in [0.4, 0.5) is 0 Å². The van der Waals surface area contributed by atoms with E-state index >= 15 is 0 Å². The van der Waals surface area contributed by atoms with Crippen molar-refractivity contribution in [3.05, 3.63) is 24.8 Å². The van der Waals surface area contributed by atoms with Gasteiger partial charge >= 0.3 is 0 Å². The van der Waals surface area contributed by atoms with Crippen LogP contribution in [-0.4, -0.2) is 0 Å². The summed E-state index contributed by atoms with van der Waals surface area (Å²) in [5.41, 5.74) is 0. The number of hydrogen-bond donors (Lipinski definition) is 0. The molecule has 1 radical (unpaired) electrons. The molecule has 0 aromatic rings. The fourth-order valence-corrected chi connectivity index (χ4v) is 0.940. The Morgan fingerprint density at radius 1 is 1.00 bits per heavy atom. The van der Waals surface area contributed by atoms with Gasteiger partial charge in [-0.1, -0.05) is 44.6 Å². The molecule has 0 spiro atoms. The summed E-state index contributed by atoms with van der Waals surface area (Å²) in [4.78, 5) is 0. The van der Waals surface area contributed by atoms with Crippen LogP contribution in [0.25, 0.3) is 0 Å². The maximum absolute atomic E-state index is 5.23. The van der Waals surface area contributed by atoms with E-state index in [9.17, 15) is 0 Å². The number of unbranched alkanes of at least 4 members (excludes halogenated alkanes) is 4. The van der Waals surface area contributed by atoms with Crippen LogP contribution in [-0.2, 0) is 0 Å². The molecule has 0 saturated carbocycles. The van der Waals surface area contributed by atoms with E-state index in [1.807, 2.05) is 0 Å². The first kappa shape index (κ1) is 10.5. The van der Waals surface area contributed by atoms with Crippen LogP contribution in [0.1, 0.15) is 45.4 Å². The van der Waals surface area contributed by atoms with Crippen LogP contribution in [0.2, 0.25) is 0 Å². The number of hydrogen-bond acceptors (Lipinski definition) is 0. The van der Waals surface area contributed by atoms with Gasteiger partial charge < -0.3 is 0 Å². The first-order chi connectivity index (χ1) is 5.41. The monoisotopic (exact) mass is 151 g/mol. The third-order valence-corrected chi connectivity index (χ3v) is 1.64. The van der Waals surface area contributed by atoms with Crippen LogP contribution in [0, 0.1) is 6.58 Å². The SMILES string of the molecule is [CH]=CCCC=CCCCCC. The zero-order valence-electron chi connectivity index (χ0n) is 7.55. The second-order valence-electron chi connectivity index (χ2n) is 2.78. The van der Waals surface area contributed by atoms with Crippen molar-refractivity contribution in [2.24, 2.45) is 0 Å². The van der Waals surface area contributed by atoms with E-state index in [2.05, 4.69) is 19.1 Å². The third kappa shape index (κ3) is 9.48. The summed E-state index contributed by atoms with van der Waals surface area (Å²) >= 11 is 0. The van der Waals surface area contributed by atoms with Crippen LogP contribution < -0.4 is 0 Å². The Bertz CT molecular complexity index is 101. The summed E-state index contributed by atoms with van der Waals surface area (Å²) in [6, 6.07) is 0. The second-order valence-corrected chi connectivity index (χ2v) is 2.78. The van der Waals surface area contributed by atoms with Gasteiger partial charge in [0.2, 0.25) is 0 Å². The largest absolute Gasteiger partial charge is 0.0885 e. The molecule has 0 aliphatic heterocycles. The minimum atomic E-state index is 1.00. The zero-order chi connectivity index (χ0) is 8.36. The Hall–Kier alpha value is -0.520. The summed E-state index contributed by atoms with van der Waals surface area (Å²) in [5.74, 6) is 0. The van der Waals surface area contributed by atoms with Crippen molar-refractivity contribution in [3.63, 3.8) is 0 Å². The zero-order valence-corrected chi connectivity index (χ0v) is 7.55. The van der Waals surface area contributed by atoms with Crippen molar-refractivity contribution in [1.29, 1.82) is 0 Å². The van der Waals surface area contributed by atoms with Gasteiger partial charge in [-0.15, -0.1) is 0 Å². The predicted molar refractivity (Wildman–Crippen MR) is 51.4 cm³/mol. The predicted octanol–water partition coefficient (Wildman–Crippen LogP) is 3.89.